The van der Waals surface area contributed by atoms with Crippen LogP contribution in [-0.2, 0) is 4.74 Å². The topological polar surface area (TPSA) is 59.6 Å². The van der Waals surface area contributed by atoms with Crippen LogP contribution in [0.2, 0.25) is 0 Å². The third-order valence-electron chi connectivity index (χ3n) is 2.12. The van der Waals surface area contributed by atoms with E-state index in [4.69, 9.17) is 10.5 Å². The highest BCUT2D eigenvalue weighted by Gasteiger charge is 2.19. The fourth-order valence-corrected chi connectivity index (χ4v) is 1.52. The Morgan fingerprint density at radius 1 is 1.69 bits per heavy atom. The van der Waals surface area contributed by atoms with Gasteiger partial charge in [-0.05, 0) is 31.5 Å². The van der Waals surface area contributed by atoms with Crippen LogP contribution in [0.15, 0.2) is 5.10 Å². The van der Waals surface area contributed by atoms with Gasteiger partial charge in [0.2, 0.25) is 0 Å². The molecule has 0 bridgehead atoms. The van der Waals surface area contributed by atoms with Crippen molar-refractivity contribution in [2.75, 3.05) is 7.11 Å². The predicted molar refractivity (Wildman–Crippen MR) is 56.6 cm³/mol. The summed E-state index contributed by atoms with van der Waals surface area (Å²) in [6, 6.07) is 0. The van der Waals surface area contributed by atoms with Gasteiger partial charge in [-0.2, -0.15) is 5.10 Å². The van der Waals surface area contributed by atoms with Crippen molar-refractivity contribution in [3.05, 3.63) is 0 Å². The minimum Gasteiger partial charge on any atom is -0.375 e. The first kappa shape index (κ1) is 10.4. The molecule has 1 unspecified atom stereocenters. The monoisotopic (exact) mass is 201 g/mol. The van der Waals surface area contributed by atoms with E-state index in [1.54, 1.807) is 7.11 Å². The molecule has 0 aliphatic heterocycles. The van der Waals surface area contributed by atoms with E-state index in [1.165, 1.54) is 6.42 Å². The lowest BCUT2D eigenvalue weighted by Crippen LogP contribution is -2.32. The number of nitrogens with zero attached hydrogens (tertiary/aromatic N) is 1. The molecule has 4 nitrogen and oxygen atoms in total. The van der Waals surface area contributed by atoms with Crippen LogP contribution in [0, 0.1) is 0 Å². The van der Waals surface area contributed by atoms with Crippen molar-refractivity contribution < 1.29 is 4.74 Å². The molecule has 1 atom stereocenters. The van der Waals surface area contributed by atoms with Crippen LogP contribution in [0.4, 0.5) is 0 Å². The summed E-state index contributed by atoms with van der Waals surface area (Å²) in [6.07, 6.45) is 4.50. The Bertz CT molecular complexity index is 217. The van der Waals surface area contributed by atoms with Gasteiger partial charge in [-0.3, -0.25) is 5.43 Å². The Balaban J connectivity index is 2.52. The molecule has 0 radical (unpaired) electrons. The third-order valence-corrected chi connectivity index (χ3v) is 2.21. The summed E-state index contributed by atoms with van der Waals surface area (Å²) in [5, 5.41) is 4.31. The summed E-state index contributed by atoms with van der Waals surface area (Å²) in [4.78, 5) is 0. The maximum atomic E-state index is 5.28. The summed E-state index contributed by atoms with van der Waals surface area (Å²) >= 11 is 4.66. The first-order chi connectivity index (χ1) is 6.24. The van der Waals surface area contributed by atoms with Crippen LogP contribution in [0.5, 0.6) is 0 Å². The number of thiocarbonyl (C=S) groups is 1. The van der Waals surface area contributed by atoms with Gasteiger partial charge >= 0.3 is 0 Å². The first-order valence-electron chi connectivity index (χ1n) is 4.38. The Morgan fingerprint density at radius 3 is 3.08 bits per heavy atom. The van der Waals surface area contributed by atoms with Crippen molar-refractivity contribution in [1.82, 2.24) is 5.43 Å². The molecule has 1 rings (SSSR count). The number of methoxy groups -OCH3 is 1. The van der Waals surface area contributed by atoms with Gasteiger partial charge in [0, 0.05) is 7.11 Å². The lowest BCUT2D eigenvalue weighted by atomic mass is 9.96. The molecule has 3 N–H and O–H groups in total. The van der Waals surface area contributed by atoms with E-state index in [2.05, 4.69) is 22.7 Å². The fourth-order valence-electron chi connectivity index (χ4n) is 1.47. The van der Waals surface area contributed by atoms with Crippen LogP contribution in [0.1, 0.15) is 25.7 Å². The zero-order chi connectivity index (χ0) is 9.68. The second kappa shape index (κ2) is 5.14. The van der Waals surface area contributed by atoms with E-state index in [0.717, 1.165) is 25.0 Å². The number of rotatable bonds is 2. The SMILES string of the molecule is COC1CCCCC1=NNC(N)=S. The van der Waals surface area contributed by atoms with Crippen molar-refractivity contribution in [3.63, 3.8) is 0 Å². The number of hydrogen-bond donors (Lipinski definition) is 2. The van der Waals surface area contributed by atoms with Crippen LogP contribution in [0.25, 0.3) is 0 Å². The summed E-state index contributed by atoms with van der Waals surface area (Å²) < 4.78 is 5.28. The average molecular weight is 201 g/mol. The zero-order valence-electron chi connectivity index (χ0n) is 7.75. The number of hydrogen-bond acceptors (Lipinski definition) is 3. The molecule has 1 saturated carbocycles. The van der Waals surface area contributed by atoms with Crippen molar-refractivity contribution >= 4 is 23.0 Å². The minimum atomic E-state index is 0.135. The van der Waals surface area contributed by atoms with E-state index in [1.807, 2.05) is 0 Å². The zero-order valence-corrected chi connectivity index (χ0v) is 8.56. The van der Waals surface area contributed by atoms with Crippen molar-refractivity contribution in [2.45, 2.75) is 31.8 Å². The van der Waals surface area contributed by atoms with Gasteiger partial charge in [0.15, 0.2) is 5.11 Å². The Kier molecular flexibility index (Phi) is 4.11. The molecule has 0 amide bonds. The Hall–Kier alpha value is -0.680. The molecule has 1 aliphatic carbocycles. The molecule has 0 aromatic carbocycles. The van der Waals surface area contributed by atoms with Crippen molar-refractivity contribution in [2.24, 2.45) is 10.8 Å². The highest BCUT2D eigenvalue weighted by molar-refractivity contribution is 7.80. The third kappa shape index (κ3) is 3.28. The maximum absolute atomic E-state index is 5.28. The molecule has 0 spiro atoms. The summed E-state index contributed by atoms with van der Waals surface area (Å²) in [7, 11) is 1.70. The van der Waals surface area contributed by atoms with Crippen LogP contribution in [0.3, 0.4) is 0 Å². The van der Waals surface area contributed by atoms with Gasteiger partial charge in [-0.15, -0.1) is 0 Å². The number of hydrazone groups is 1. The van der Waals surface area contributed by atoms with Gasteiger partial charge in [0.25, 0.3) is 0 Å². The Morgan fingerprint density at radius 2 is 2.46 bits per heavy atom. The van der Waals surface area contributed by atoms with Gasteiger partial charge in [0.05, 0.1) is 11.8 Å². The number of nitrogens with two attached hydrogens (primary N) is 1. The first-order valence-corrected chi connectivity index (χ1v) is 4.79. The quantitative estimate of drug-likeness (QED) is 0.511. The molecular weight excluding hydrogens is 186 g/mol. The molecule has 74 valence electrons. The molecule has 1 fully saturated rings. The van der Waals surface area contributed by atoms with E-state index in [0.29, 0.717) is 0 Å². The molecule has 5 heteroatoms. The standard InChI is InChI=1S/C8H15N3OS/c1-12-7-5-3-2-4-6(7)10-11-8(9)13/h7H,2-5H2,1H3,(H3,9,11,13). The number of nitrogens with one attached hydrogen (secondary N) is 1. The highest BCUT2D eigenvalue weighted by Crippen LogP contribution is 2.17. The molecule has 13 heavy (non-hydrogen) atoms. The summed E-state index contributed by atoms with van der Waals surface area (Å²) in [5.74, 6) is 0. The van der Waals surface area contributed by atoms with Gasteiger partial charge in [0.1, 0.15) is 0 Å². The van der Waals surface area contributed by atoms with Crippen molar-refractivity contribution in [3.8, 4) is 0 Å². The average Bonchev–Trinajstić information content (AvgIpc) is 2.15. The minimum absolute atomic E-state index is 0.135. The summed E-state index contributed by atoms with van der Waals surface area (Å²) in [6.45, 7) is 0. The second-order valence-electron chi connectivity index (χ2n) is 3.05. The lowest BCUT2D eigenvalue weighted by molar-refractivity contribution is 0.137. The molecule has 0 saturated heterocycles. The second-order valence-corrected chi connectivity index (χ2v) is 3.49. The molecular formula is C8H15N3OS. The van der Waals surface area contributed by atoms with Gasteiger partial charge in [-0.25, -0.2) is 0 Å². The summed E-state index contributed by atoms with van der Waals surface area (Å²) in [5.41, 5.74) is 8.88. The molecule has 0 aromatic rings. The van der Waals surface area contributed by atoms with Crippen molar-refractivity contribution in [1.29, 1.82) is 0 Å². The smallest absolute Gasteiger partial charge is 0.184 e. The fraction of sp³-hybridized carbons (Fsp3) is 0.750. The van der Waals surface area contributed by atoms with E-state index in [-0.39, 0.29) is 11.2 Å². The number of ether oxygens (including phenoxy) is 1. The normalized spacial score (nSPS) is 25.9. The van der Waals surface area contributed by atoms with Crippen LogP contribution < -0.4 is 11.2 Å². The molecule has 1 aliphatic rings. The van der Waals surface area contributed by atoms with Crippen LogP contribution >= 0.6 is 12.2 Å². The lowest BCUT2D eigenvalue weighted by Gasteiger charge is -2.22. The highest BCUT2D eigenvalue weighted by atomic mass is 32.1. The Labute approximate surface area is 83.5 Å². The van der Waals surface area contributed by atoms with E-state index in [9.17, 15) is 0 Å². The molecule has 0 heterocycles. The predicted octanol–water partition coefficient (Wildman–Crippen LogP) is 0.765. The molecule has 0 aromatic heterocycles. The van der Waals surface area contributed by atoms with Gasteiger partial charge < -0.3 is 10.5 Å². The maximum Gasteiger partial charge on any atom is 0.184 e. The van der Waals surface area contributed by atoms with E-state index < -0.39 is 0 Å². The van der Waals surface area contributed by atoms with E-state index >= 15 is 0 Å². The van der Waals surface area contributed by atoms with Crippen LogP contribution in [-0.4, -0.2) is 24.0 Å². The largest absolute Gasteiger partial charge is 0.375 e. The van der Waals surface area contributed by atoms with Gasteiger partial charge in [-0.1, -0.05) is 6.42 Å².